The highest BCUT2D eigenvalue weighted by molar-refractivity contribution is 5.89. The van der Waals surface area contributed by atoms with E-state index in [0.29, 0.717) is 5.82 Å². The van der Waals surface area contributed by atoms with E-state index in [-0.39, 0.29) is 30.3 Å². The van der Waals surface area contributed by atoms with Gasteiger partial charge in [-0.2, -0.15) is 0 Å². The van der Waals surface area contributed by atoms with Gasteiger partial charge in [-0.15, -0.1) is 0 Å². The van der Waals surface area contributed by atoms with E-state index < -0.39 is 0 Å². The van der Waals surface area contributed by atoms with Crippen LogP contribution in [0.5, 0.6) is 5.75 Å². The Balaban J connectivity index is 1.81. The van der Waals surface area contributed by atoms with Gasteiger partial charge in [0.2, 0.25) is 5.91 Å². The van der Waals surface area contributed by atoms with Crippen LogP contribution in [0, 0.1) is 6.92 Å². The van der Waals surface area contributed by atoms with Gasteiger partial charge in [0.1, 0.15) is 17.4 Å². The first kappa shape index (κ1) is 15.8. The molecule has 0 unspecified atom stereocenters. The van der Waals surface area contributed by atoms with Gasteiger partial charge in [-0.3, -0.25) is 9.59 Å². The maximum Gasteiger partial charge on any atom is 0.252 e. The van der Waals surface area contributed by atoms with Crippen LogP contribution in [-0.2, 0) is 11.2 Å². The number of anilines is 1. The van der Waals surface area contributed by atoms with Crippen LogP contribution in [0.4, 0.5) is 5.82 Å². The summed E-state index contributed by atoms with van der Waals surface area (Å²) in [4.78, 5) is 29.6. The fourth-order valence-electron chi connectivity index (χ4n) is 1.93. The molecule has 0 aliphatic carbocycles. The molecule has 1 aromatic heterocycles. The topological polar surface area (TPSA) is 84.1 Å². The van der Waals surface area contributed by atoms with Crippen LogP contribution in [0.3, 0.4) is 0 Å². The van der Waals surface area contributed by atoms with Gasteiger partial charge >= 0.3 is 0 Å². The third-order valence-corrected chi connectivity index (χ3v) is 3.06. The number of aryl methyl sites for hydroxylation is 2. The number of aromatic amines is 1. The maximum absolute atomic E-state index is 11.8. The Morgan fingerprint density at radius 1 is 1.32 bits per heavy atom. The summed E-state index contributed by atoms with van der Waals surface area (Å²) in [5.41, 5.74) is 0.941. The highest BCUT2D eigenvalue weighted by Crippen LogP contribution is 2.12. The smallest absolute Gasteiger partial charge is 0.252 e. The molecule has 0 spiro atoms. The minimum atomic E-state index is -0.296. The number of H-pyrrole nitrogens is 1. The second kappa shape index (κ2) is 7.40. The van der Waals surface area contributed by atoms with Gasteiger partial charge in [-0.1, -0.05) is 19.1 Å². The molecule has 0 saturated heterocycles. The van der Waals surface area contributed by atoms with Crippen molar-refractivity contribution in [2.75, 3.05) is 11.9 Å². The molecule has 116 valence electrons. The minimum absolute atomic E-state index is 0.184. The molecule has 6 heteroatoms. The van der Waals surface area contributed by atoms with Crippen molar-refractivity contribution in [1.82, 2.24) is 9.97 Å². The highest BCUT2D eigenvalue weighted by atomic mass is 16.5. The van der Waals surface area contributed by atoms with Crippen molar-refractivity contribution >= 4 is 11.7 Å². The predicted octanol–water partition coefficient (Wildman–Crippen LogP) is 2.05. The lowest BCUT2D eigenvalue weighted by atomic mass is 10.2. The van der Waals surface area contributed by atoms with Crippen molar-refractivity contribution < 1.29 is 9.53 Å². The van der Waals surface area contributed by atoms with E-state index in [1.165, 1.54) is 11.6 Å². The first-order chi connectivity index (χ1) is 10.6. The molecule has 0 saturated carbocycles. The van der Waals surface area contributed by atoms with E-state index in [1.807, 2.05) is 24.3 Å². The van der Waals surface area contributed by atoms with Crippen LogP contribution in [0.1, 0.15) is 24.7 Å². The summed E-state index contributed by atoms with van der Waals surface area (Å²) >= 11 is 0. The molecule has 0 aliphatic rings. The van der Waals surface area contributed by atoms with Gasteiger partial charge in [-0.05, 0) is 31.0 Å². The Morgan fingerprint density at radius 2 is 2.05 bits per heavy atom. The molecule has 1 aromatic carbocycles. The molecule has 0 bridgehead atoms. The molecule has 1 amide bonds. The van der Waals surface area contributed by atoms with Crippen LogP contribution >= 0.6 is 0 Å². The van der Waals surface area contributed by atoms with E-state index in [0.717, 1.165) is 12.2 Å². The molecule has 22 heavy (non-hydrogen) atoms. The van der Waals surface area contributed by atoms with Gasteiger partial charge in [-0.25, -0.2) is 4.98 Å². The summed E-state index contributed by atoms with van der Waals surface area (Å²) in [5, 5.41) is 2.58. The molecule has 6 nitrogen and oxygen atoms in total. The van der Waals surface area contributed by atoms with Gasteiger partial charge in [0.25, 0.3) is 5.56 Å². The van der Waals surface area contributed by atoms with Crippen LogP contribution in [-0.4, -0.2) is 22.5 Å². The molecule has 0 radical (unpaired) electrons. The molecule has 0 aliphatic heterocycles. The van der Waals surface area contributed by atoms with Crippen molar-refractivity contribution in [3.63, 3.8) is 0 Å². The molecule has 2 N–H and O–H groups in total. The lowest BCUT2D eigenvalue weighted by Gasteiger charge is -2.07. The van der Waals surface area contributed by atoms with Crippen LogP contribution < -0.4 is 15.6 Å². The number of hydrogen-bond acceptors (Lipinski definition) is 4. The zero-order valence-electron chi connectivity index (χ0n) is 12.7. The number of rotatable bonds is 6. The van der Waals surface area contributed by atoms with Crippen molar-refractivity contribution in [3.8, 4) is 5.75 Å². The number of carbonyl (C=O) groups is 1. The Hall–Kier alpha value is -2.63. The van der Waals surface area contributed by atoms with Crippen molar-refractivity contribution in [3.05, 3.63) is 52.1 Å². The maximum atomic E-state index is 11.8. The third kappa shape index (κ3) is 4.73. The Morgan fingerprint density at radius 3 is 2.68 bits per heavy atom. The lowest BCUT2D eigenvalue weighted by molar-refractivity contribution is -0.116. The zero-order chi connectivity index (χ0) is 15.9. The lowest BCUT2D eigenvalue weighted by Crippen LogP contribution is -2.19. The van der Waals surface area contributed by atoms with Crippen molar-refractivity contribution in [2.24, 2.45) is 0 Å². The van der Waals surface area contributed by atoms with Crippen LogP contribution in [0.25, 0.3) is 0 Å². The number of hydrogen-bond donors (Lipinski definition) is 2. The molecule has 0 atom stereocenters. The fourth-order valence-corrected chi connectivity index (χ4v) is 1.93. The summed E-state index contributed by atoms with van der Waals surface area (Å²) in [6.07, 6.45) is 1.16. The predicted molar refractivity (Wildman–Crippen MR) is 84.2 cm³/mol. The standard InChI is InChI=1S/C16H19N3O3/c1-3-12-4-6-13(7-5-12)22-9-8-15(20)19-14-10-16(21)18-11(2)17-14/h4-7,10H,3,8-9H2,1-2H3,(H2,17,18,19,20,21). The molecule has 2 aromatic rings. The second-order valence-electron chi connectivity index (χ2n) is 4.86. The Bertz CT molecular complexity index is 693. The molecular weight excluding hydrogens is 282 g/mol. The molecule has 2 rings (SSSR count). The number of nitrogens with one attached hydrogen (secondary N) is 2. The van der Waals surface area contributed by atoms with E-state index >= 15 is 0 Å². The average Bonchev–Trinajstić information content (AvgIpc) is 2.47. The van der Waals surface area contributed by atoms with E-state index in [9.17, 15) is 9.59 Å². The first-order valence-electron chi connectivity index (χ1n) is 7.16. The molecular formula is C16H19N3O3. The van der Waals surface area contributed by atoms with Gasteiger partial charge in [0, 0.05) is 6.07 Å². The van der Waals surface area contributed by atoms with Gasteiger partial charge in [0.05, 0.1) is 13.0 Å². The number of amides is 1. The number of carbonyl (C=O) groups excluding carboxylic acids is 1. The average molecular weight is 301 g/mol. The number of ether oxygens (including phenoxy) is 1. The minimum Gasteiger partial charge on any atom is -0.493 e. The zero-order valence-corrected chi connectivity index (χ0v) is 12.7. The summed E-state index contributed by atoms with van der Waals surface area (Å²) < 4.78 is 5.51. The molecule has 1 heterocycles. The fraction of sp³-hybridized carbons (Fsp3) is 0.312. The Kier molecular flexibility index (Phi) is 5.30. The summed E-state index contributed by atoms with van der Waals surface area (Å²) in [6.45, 7) is 4.00. The molecule has 0 fully saturated rings. The van der Waals surface area contributed by atoms with Crippen molar-refractivity contribution in [2.45, 2.75) is 26.7 Å². The van der Waals surface area contributed by atoms with E-state index in [4.69, 9.17) is 4.74 Å². The van der Waals surface area contributed by atoms with Crippen LogP contribution in [0.2, 0.25) is 0 Å². The van der Waals surface area contributed by atoms with Gasteiger partial charge < -0.3 is 15.0 Å². The van der Waals surface area contributed by atoms with Crippen LogP contribution in [0.15, 0.2) is 35.1 Å². The first-order valence-corrected chi connectivity index (χ1v) is 7.16. The quantitative estimate of drug-likeness (QED) is 0.855. The monoisotopic (exact) mass is 301 g/mol. The summed E-state index contributed by atoms with van der Waals surface area (Å²) in [6, 6.07) is 9.02. The number of benzene rings is 1. The summed E-state index contributed by atoms with van der Waals surface area (Å²) in [7, 11) is 0. The summed E-state index contributed by atoms with van der Waals surface area (Å²) in [5.74, 6) is 1.19. The Labute approximate surface area is 128 Å². The number of aromatic nitrogens is 2. The van der Waals surface area contributed by atoms with E-state index in [2.05, 4.69) is 22.2 Å². The largest absolute Gasteiger partial charge is 0.493 e. The number of nitrogens with zero attached hydrogens (tertiary/aromatic N) is 1. The SMILES string of the molecule is CCc1ccc(OCCC(=O)Nc2cc(=O)[nH]c(C)n2)cc1. The second-order valence-corrected chi connectivity index (χ2v) is 4.86. The third-order valence-electron chi connectivity index (χ3n) is 3.06. The van der Waals surface area contributed by atoms with Gasteiger partial charge in [0.15, 0.2) is 0 Å². The van der Waals surface area contributed by atoms with Crippen molar-refractivity contribution in [1.29, 1.82) is 0 Å². The highest BCUT2D eigenvalue weighted by Gasteiger charge is 2.05. The normalized spacial score (nSPS) is 10.3. The van der Waals surface area contributed by atoms with E-state index in [1.54, 1.807) is 6.92 Å².